The van der Waals surface area contributed by atoms with Gasteiger partial charge in [0.15, 0.2) is 0 Å². The van der Waals surface area contributed by atoms with Crippen molar-refractivity contribution in [2.45, 2.75) is 13.8 Å². The molecule has 102 valence electrons. The maximum atomic E-state index is 11.9. The van der Waals surface area contributed by atoms with Crippen LogP contribution in [0.5, 0.6) is 0 Å². The van der Waals surface area contributed by atoms with Crippen molar-refractivity contribution in [1.82, 2.24) is 0 Å². The summed E-state index contributed by atoms with van der Waals surface area (Å²) < 4.78 is 0. The number of rotatable bonds is 3. The van der Waals surface area contributed by atoms with Gasteiger partial charge in [0, 0.05) is 6.08 Å². The lowest BCUT2D eigenvalue weighted by molar-refractivity contribution is -0.111. The van der Waals surface area contributed by atoms with E-state index in [4.69, 9.17) is 11.6 Å². The molecule has 0 spiro atoms. The molecule has 0 heterocycles. The van der Waals surface area contributed by atoms with Crippen molar-refractivity contribution < 1.29 is 4.79 Å². The molecule has 0 aromatic heterocycles. The summed E-state index contributed by atoms with van der Waals surface area (Å²) >= 11 is 6.07. The first-order valence-electron chi connectivity index (χ1n) is 6.36. The van der Waals surface area contributed by atoms with Crippen LogP contribution in [0.4, 0.5) is 5.69 Å². The van der Waals surface area contributed by atoms with Crippen molar-refractivity contribution in [1.29, 1.82) is 0 Å². The Morgan fingerprint density at radius 1 is 1.10 bits per heavy atom. The summed E-state index contributed by atoms with van der Waals surface area (Å²) in [4.78, 5) is 11.9. The fourth-order valence-electron chi connectivity index (χ4n) is 1.84. The number of carbonyl (C=O) groups excluding carboxylic acids is 1. The quantitative estimate of drug-likeness (QED) is 0.820. The van der Waals surface area contributed by atoms with Crippen molar-refractivity contribution in [3.05, 3.63) is 70.3 Å². The first-order chi connectivity index (χ1) is 9.54. The third kappa shape index (κ3) is 3.97. The number of nitrogens with one attached hydrogen (secondary N) is 1. The second-order valence-electron chi connectivity index (χ2n) is 4.72. The predicted octanol–water partition coefficient (Wildman–Crippen LogP) is 4.61. The van der Waals surface area contributed by atoms with Crippen LogP contribution < -0.4 is 5.32 Å². The first-order valence-corrected chi connectivity index (χ1v) is 6.74. The second kappa shape index (κ2) is 6.40. The van der Waals surface area contributed by atoms with E-state index in [0.717, 1.165) is 16.7 Å². The molecule has 2 aromatic carbocycles. The average Bonchev–Trinajstić information content (AvgIpc) is 2.40. The molecule has 0 fully saturated rings. The van der Waals surface area contributed by atoms with Gasteiger partial charge < -0.3 is 5.32 Å². The van der Waals surface area contributed by atoms with E-state index in [2.05, 4.69) is 5.32 Å². The molecule has 20 heavy (non-hydrogen) atoms. The lowest BCUT2D eigenvalue weighted by Gasteiger charge is -2.05. The van der Waals surface area contributed by atoms with E-state index in [1.807, 2.05) is 50.2 Å². The normalized spacial score (nSPS) is 10.8. The summed E-state index contributed by atoms with van der Waals surface area (Å²) in [6, 6.07) is 13.5. The van der Waals surface area contributed by atoms with Gasteiger partial charge in [0.1, 0.15) is 0 Å². The Bertz CT molecular complexity index is 662. The molecule has 0 aliphatic heterocycles. The summed E-state index contributed by atoms with van der Waals surface area (Å²) in [7, 11) is 0. The van der Waals surface area contributed by atoms with E-state index in [0.29, 0.717) is 10.7 Å². The Kier molecular flexibility index (Phi) is 4.59. The summed E-state index contributed by atoms with van der Waals surface area (Å²) in [6.07, 6.45) is 3.29. The van der Waals surface area contributed by atoms with Gasteiger partial charge in [0.05, 0.1) is 10.7 Å². The Balaban J connectivity index is 2.05. The van der Waals surface area contributed by atoms with E-state index in [1.165, 1.54) is 6.08 Å². The summed E-state index contributed by atoms with van der Waals surface area (Å²) in [5, 5.41) is 3.31. The molecule has 2 rings (SSSR count). The smallest absolute Gasteiger partial charge is 0.248 e. The van der Waals surface area contributed by atoms with Crippen molar-refractivity contribution in [3.8, 4) is 0 Å². The molecule has 0 saturated carbocycles. The number of hydrogen-bond donors (Lipinski definition) is 1. The van der Waals surface area contributed by atoms with Gasteiger partial charge in [-0.25, -0.2) is 0 Å². The summed E-state index contributed by atoms with van der Waals surface area (Å²) in [6.45, 7) is 3.97. The Labute approximate surface area is 124 Å². The van der Waals surface area contributed by atoms with Gasteiger partial charge in [0.2, 0.25) is 5.91 Å². The van der Waals surface area contributed by atoms with Crippen LogP contribution >= 0.6 is 11.6 Å². The van der Waals surface area contributed by atoms with E-state index in [-0.39, 0.29) is 5.91 Å². The van der Waals surface area contributed by atoms with Crippen LogP contribution in [0.25, 0.3) is 6.08 Å². The van der Waals surface area contributed by atoms with E-state index in [1.54, 1.807) is 12.1 Å². The van der Waals surface area contributed by atoms with Gasteiger partial charge in [-0.05, 0) is 43.2 Å². The van der Waals surface area contributed by atoms with Crippen molar-refractivity contribution in [2.75, 3.05) is 5.32 Å². The van der Waals surface area contributed by atoms with Crippen LogP contribution in [-0.2, 0) is 4.79 Å². The van der Waals surface area contributed by atoms with Crippen LogP contribution in [0.15, 0.2) is 48.5 Å². The molecule has 0 aliphatic carbocycles. The monoisotopic (exact) mass is 285 g/mol. The zero-order valence-electron chi connectivity index (χ0n) is 11.5. The van der Waals surface area contributed by atoms with Crippen molar-refractivity contribution in [3.63, 3.8) is 0 Å². The molecular formula is C17H16ClNO. The first kappa shape index (κ1) is 14.4. The maximum absolute atomic E-state index is 11.9. The molecule has 0 atom stereocenters. The molecular weight excluding hydrogens is 270 g/mol. The largest absolute Gasteiger partial charge is 0.321 e. The third-order valence-corrected chi connectivity index (χ3v) is 3.16. The summed E-state index contributed by atoms with van der Waals surface area (Å²) in [5.41, 5.74) is 3.84. The van der Waals surface area contributed by atoms with Crippen LogP contribution in [0, 0.1) is 13.8 Å². The highest BCUT2D eigenvalue weighted by Gasteiger charge is 2.03. The van der Waals surface area contributed by atoms with Crippen LogP contribution in [0.2, 0.25) is 5.02 Å². The molecule has 2 aromatic rings. The molecule has 0 bridgehead atoms. The minimum Gasteiger partial charge on any atom is -0.321 e. The second-order valence-corrected chi connectivity index (χ2v) is 5.13. The number of amides is 1. The number of benzene rings is 2. The van der Waals surface area contributed by atoms with Crippen LogP contribution in [0.1, 0.15) is 16.7 Å². The van der Waals surface area contributed by atoms with Gasteiger partial charge in [-0.3, -0.25) is 4.79 Å². The van der Waals surface area contributed by atoms with Crippen molar-refractivity contribution >= 4 is 29.3 Å². The highest BCUT2D eigenvalue weighted by Crippen LogP contribution is 2.22. The number of carbonyl (C=O) groups is 1. The number of aryl methyl sites for hydroxylation is 2. The standard InChI is InChI=1S/C17H16ClNO/c1-12-4-3-5-14(10-12)7-9-17(20)19-16-8-6-13(2)11-15(16)18/h3-11H,1-2H3,(H,19,20)/b9-7+. The zero-order valence-corrected chi connectivity index (χ0v) is 12.2. The fourth-order valence-corrected chi connectivity index (χ4v) is 2.12. The molecule has 0 radical (unpaired) electrons. The van der Waals surface area contributed by atoms with Crippen LogP contribution in [0.3, 0.4) is 0 Å². The molecule has 3 heteroatoms. The predicted molar refractivity (Wildman–Crippen MR) is 85.0 cm³/mol. The van der Waals surface area contributed by atoms with Gasteiger partial charge in [-0.15, -0.1) is 0 Å². The Hall–Kier alpha value is -2.06. The van der Waals surface area contributed by atoms with Gasteiger partial charge >= 0.3 is 0 Å². The molecule has 0 unspecified atom stereocenters. The number of hydrogen-bond acceptors (Lipinski definition) is 1. The highest BCUT2D eigenvalue weighted by atomic mass is 35.5. The average molecular weight is 286 g/mol. The maximum Gasteiger partial charge on any atom is 0.248 e. The van der Waals surface area contributed by atoms with E-state index < -0.39 is 0 Å². The topological polar surface area (TPSA) is 29.1 Å². The van der Waals surface area contributed by atoms with Gasteiger partial charge in [-0.2, -0.15) is 0 Å². The number of halogens is 1. The fraction of sp³-hybridized carbons (Fsp3) is 0.118. The molecule has 1 N–H and O–H groups in total. The zero-order chi connectivity index (χ0) is 14.5. The van der Waals surface area contributed by atoms with Crippen molar-refractivity contribution in [2.24, 2.45) is 0 Å². The minimum absolute atomic E-state index is 0.197. The molecule has 1 amide bonds. The summed E-state index contributed by atoms with van der Waals surface area (Å²) in [5.74, 6) is -0.197. The highest BCUT2D eigenvalue weighted by molar-refractivity contribution is 6.33. The van der Waals surface area contributed by atoms with E-state index in [9.17, 15) is 4.79 Å². The molecule has 2 nitrogen and oxygen atoms in total. The van der Waals surface area contributed by atoms with Gasteiger partial charge in [0.25, 0.3) is 0 Å². The van der Waals surface area contributed by atoms with Gasteiger partial charge in [-0.1, -0.05) is 47.5 Å². The van der Waals surface area contributed by atoms with Crippen LogP contribution in [-0.4, -0.2) is 5.91 Å². The molecule has 0 aliphatic rings. The Morgan fingerprint density at radius 3 is 2.55 bits per heavy atom. The lowest BCUT2D eigenvalue weighted by Crippen LogP contribution is -2.08. The SMILES string of the molecule is Cc1cccc(/C=C/C(=O)Nc2ccc(C)cc2Cl)c1. The van der Waals surface area contributed by atoms with E-state index >= 15 is 0 Å². The Morgan fingerprint density at radius 2 is 1.85 bits per heavy atom. The number of anilines is 1. The minimum atomic E-state index is -0.197. The third-order valence-electron chi connectivity index (χ3n) is 2.85. The molecule has 0 saturated heterocycles. The lowest BCUT2D eigenvalue weighted by atomic mass is 10.1.